The Morgan fingerprint density at radius 2 is 1.90 bits per heavy atom. The number of carbonyl (C=O) groups is 1. The fourth-order valence-corrected chi connectivity index (χ4v) is 4.46. The molecule has 0 aliphatic carbocycles. The van der Waals surface area contributed by atoms with E-state index >= 15 is 0 Å². The first kappa shape index (κ1) is 24.7. The molecule has 0 spiro atoms. The van der Waals surface area contributed by atoms with Crippen LogP contribution in [0.3, 0.4) is 0 Å². The van der Waals surface area contributed by atoms with Gasteiger partial charge in [-0.2, -0.15) is 5.10 Å². The molecule has 1 amide bonds. The third kappa shape index (κ3) is 5.62. The first-order chi connectivity index (χ1) is 19.1. The van der Waals surface area contributed by atoms with E-state index in [4.69, 9.17) is 9.47 Å². The molecule has 0 unspecified atom stereocenters. The maximum absolute atomic E-state index is 13.8. The molecule has 0 radical (unpaired) electrons. The molecule has 196 valence electrons. The smallest absolute Gasteiger partial charge is 0.276 e. The number of carbonyl (C=O) groups excluding carboxylic acids is 1. The minimum absolute atomic E-state index is 0.0717. The molecule has 0 bridgehead atoms. The van der Waals surface area contributed by atoms with Crippen LogP contribution in [0.1, 0.15) is 16.1 Å². The van der Waals surface area contributed by atoms with E-state index in [0.717, 1.165) is 55.1 Å². The fraction of sp³-hybridized carbons (Fsp3) is 0.172. The van der Waals surface area contributed by atoms with E-state index in [2.05, 4.69) is 36.4 Å². The number of rotatable bonds is 7. The number of hydrogen-bond donors (Lipinski definition) is 2. The van der Waals surface area contributed by atoms with Crippen LogP contribution >= 0.6 is 0 Å². The number of fused-ring (bicyclic) bond motifs is 1. The standard InChI is InChI=1S/C29H25FN6O3/c30-24-3-1-2-4-26(24)39-27-8-6-22(17-32-27)33-29(37)28-23-14-20(5-7-25(23)34-35-28)21-13-19(15-31-16-21)18-36-9-11-38-12-10-36/h1-8,13-17H,9-12,18H2,(H,33,37)(H,34,35). The van der Waals surface area contributed by atoms with Crippen LogP contribution in [0.2, 0.25) is 0 Å². The third-order valence-corrected chi connectivity index (χ3v) is 6.46. The fourth-order valence-electron chi connectivity index (χ4n) is 4.46. The lowest BCUT2D eigenvalue weighted by Gasteiger charge is -2.26. The Labute approximate surface area is 223 Å². The van der Waals surface area contributed by atoms with Gasteiger partial charge in [-0.15, -0.1) is 0 Å². The number of aromatic amines is 1. The second-order valence-electron chi connectivity index (χ2n) is 9.17. The lowest BCUT2D eigenvalue weighted by molar-refractivity contribution is 0.0341. The predicted molar refractivity (Wildman–Crippen MR) is 144 cm³/mol. The SMILES string of the molecule is O=C(Nc1ccc(Oc2ccccc2F)nc1)c1n[nH]c2ccc(-c3cncc(CN4CCOCC4)c3)cc12. The summed E-state index contributed by atoms with van der Waals surface area (Å²) in [6.45, 7) is 4.11. The number of ether oxygens (including phenoxy) is 2. The van der Waals surface area contributed by atoms with E-state index < -0.39 is 5.82 Å². The molecule has 9 nitrogen and oxygen atoms in total. The van der Waals surface area contributed by atoms with Crippen LogP contribution in [0, 0.1) is 5.82 Å². The molecule has 1 aliphatic rings. The van der Waals surface area contributed by atoms with Crippen LogP contribution in [-0.4, -0.2) is 57.3 Å². The van der Waals surface area contributed by atoms with E-state index in [0.29, 0.717) is 11.1 Å². The van der Waals surface area contributed by atoms with Gasteiger partial charge in [-0.1, -0.05) is 18.2 Å². The number of halogens is 1. The average Bonchev–Trinajstić information content (AvgIpc) is 3.40. The molecule has 2 aromatic carbocycles. The third-order valence-electron chi connectivity index (χ3n) is 6.46. The molecule has 1 aliphatic heterocycles. The molecule has 0 atom stereocenters. The summed E-state index contributed by atoms with van der Waals surface area (Å²) in [6.07, 6.45) is 5.15. The summed E-state index contributed by atoms with van der Waals surface area (Å²) < 4.78 is 24.8. The highest BCUT2D eigenvalue weighted by Gasteiger charge is 2.17. The Bertz CT molecular complexity index is 1620. The number of H-pyrrole nitrogens is 1. The van der Waals surface area contributed by atoms with Crippen LogP contribution in [0.15, 0.2) is 79.3 Å². The van der Waals surface area contributed by atoms with E-state index in [-0.39, 0.29) is 23.2 Å². The second-order valence-corrected chi connectivity index (χ2v) is 9.17. The van der Waals surface area contributed by atoms with E-state index in [1.54, 1.807) is 24.3 Å². The molecule has 2 N–H and O–H groups in total. The topological polar surface area (TPSA) is 105 Å². The Balaban J connectivity index is 1.18. The number of benzene rings is 2. The molecule has 1 fully saturated rings. The van der Waals surface area contributed by atoms with Gasteiger partial charge in [0.05, 0.1) is 30.6 Å². The van der Waals surface area contributed by atoms with Crippen molar-refractivity contribution in [2.24, 2.45) is 0 Å². The second kappa shape index (κ2) is 11.0. The highest BCUT2D eigenvalue weighted by atomic mass is 19.1. The number of amides is 1. The largest absolute Gasteiger partial charge is 0.436 e. The van der Waals surface area contributed by atoms with Crippen molar-refractivity contribution in [1.29, 1.82) is 0 Å². The van der Waals surface area contributed by atoms with Gasteiger partial charge in [0.15, 0.2) is 17.3 Å². The maximum atomic E-state index is 13.8. The molecule has 0 saturated carbocycles. The van der Waals surface area contributed by atoms with Crippen LogP contribution < -0.4 is 10.1 Å². The van der Waals surface area contributed by atoms with Crippen molar-refractivity contribution in [3.63, 3.8) is 0 Å². The van der Waals surface area contributed by atoms with Crippen LogP contribution in [-0.2, 0) is 11.3 Å². The van der Waals surface area contributed by atoms with Gasteiger partial charge in [-0.05, 0) is 47.5 Å². The number of anilines is 1. The Morgan fingerprint density at radius 1 is 1.03 bits per heavy atom. The summed E-state index contributed by atoms with van der Waals surface area (Å²) in [5.74, 6) is -0.594. The Hall–Kier alpha value is -4.67. The lowest BCUT2D eigenvalue weighted by atomic mass is 10.0. The lowest BCUT2D eigenvalue weighted by Crippen LogP contribution is -2.35. The van der Waals surface area contributed by atoms with Gasteiger partial charge in [0.2, 0.25) is 5.88 Å². The Kier molecular flexibility index (Phi) is 6.94. The van der Waals surface area contributed by atoms with Crippen molar-refractivity contribution in [2.75, 3.05) is 31.6 Å². The molecular weight excluding hydrogens is 499 g/mol. The quantitative estimate of drug-likeness (QED) is 0.307. The monoisotopic (exact) mass is 524 g/mol. The number of nitrogens with zero attached hydrogens (tertiary/aromatic N) is 4. The van der Waals surface area contributed by atoms with Crippen LogP contribution in [0.5, 0.6) is 11.6 Å². The number of para-hydroxylation sites is 1. The molecule has 39 heavy (non-hydrogen) atoms. The minimum atomic E-state index is -0.485. The Morgan fingerprint density at radius 3 is 2.72 bits per heavy atom. The summed E-state index contributed by atoms with van der Waals surface area (Å²) in [7, 11) is 0. The summed E-state index contributed by atoms with van der Waals surface area (Å²) >= 11 is 0. The maximum Gasteiger partial charge on any atom is 0.276 e. The minimum Gasteiger partial charge on any atom is -0.436 e. The van der Waals surface area contributed by atoms with Crippen molar-refractivity contribution in [2.45, 2.75) is 6.54 Å². The van der Waals surface area contributed by atoms with Crippen molar-refractivity contribution < 1.29 is 18.7 Å². The van der Waals surface area contributed by atoms with Crippen LogP contribution in [0.25, 0.3) is 22.0 Å². The van der Waals surface area contributed by atoms with Crippen LogP contribution in [0.4, 0.5) is 10.1 Å². The van der Waals surface area contributed by atoms with Gasteiger partial charge in [-0.25, -0.2) is 9.37 Å². The molecule has 4 heterocycles. The van der Waals surface area contributed by atoms with Crippen molar-refractivity contribution in [3.05, 3.63) is 96.3 Å². The van der Waals surface area contributed by atoms with E-state index in [9.17, 15) is 9.18 Å². The molecule has 10 heteroatoms. The number of aromatic nitrogens is 4. The van der Waals surface area contributed by atoms with Crippen molar-refractivity contribution in [1.82, 2.24) is 25.1 Å². The molecule has 3 aromatic heterocycles. The van der Waals surface area contributed by atoms with Gasteiger partial charge >= 0.3 is 0 Å². The van der Waals surface area contributed by atoms with Gasteiger partial charge in [-0.3, -0.25) is 19.8 Å². The molecule has 1 saturated heterocycles. The zero-order valence-electron chi connectivity index (χ0n) is 20.9. The average molecular weight is 525 g/mol. The number of pyridine rings is 2. The van der Waals surface area contributed by atoms with Gasteiger partial charge in [0.25, 0.3) is 5.91 Å². The number of morpholine rings is 1. The predicted octanol–water partition coefficient (Wildman–Crippen LogP) is 5.04. The van der Waals surface area contributed by atoms with E-state index in [1.165, 1.54) is 18.3 Å². The number of nitrogens with one attached hydrogen (secondary N) is 2. The molecule has 6 rings (SSSR count). The van der Waals surface area contributed by atoms with Gasteiger partial charge < -0.3 is 14.8 Å². The van der Waals surface area contributed by atoms with E-state index in [1.807, 2.05) is 30.6 Å². The zero-order valence-corrected chi connectivity index (χ0v) is 20.9. The van der Waals surface area contributed by atoms with Crippen molar-refractivity contribution in [3.8, 4) is 22.8 Å². The highest BCUT2D eigenvalue weighted by Crippen LogP contribution is 2.27. The van der Waals surface area contributed by atoms with Crippen molar-refractivity contribution >= 4 is 22.5 Å². The highest BCUT2D eigenvalue weighted by molar-refractivity contribution is 6.11. The zero-order chi connectivity index (χ0) is 26.6. The first-order valence-corrected chi connectivity index (χ1v) is 12.5. The summed E-state index contributed by atoms with van der Waals surface area (Å²) in [6, 6.07) is 17.2. The molecule has 5 aromatic rings. The van der Waals surface area contributed by atoms with Gasteiger partial charge in [0, 0.05) is 49.0 Å². The first-order valence-electron chi connectivity index (χ1n) is 12.5. The van der Waals surface area contributed by atoms with Gasteiger partial charge in [0.1, 0.15) is 0 Å². The summed E-state index contributed by atoms with van der Waals surface area (Å²) in [5, 5.41) is 10.7. The normalized spacial score (nSPS) is 13.9. The molecular formula is C29H25FN6O3. The number of hydrogen-bond acceptors (Lipinski definition) is 7. The summed E-state index contributed by atoms with van der Waals surface area (Å²) in [5.41, 5.74) is 4.47. The summed E-state index contributed by atoms with van der Waals surface area (Å²) in [4.78, 5) is 24.1.